The van der Waals surface area contributed by atoms with E-state index in [9.17, 15) is 0 Å². The Morgan fingerprint density at radius 3 is 1.77 bits per heavy atom. The lowest BCUT2D eigenvalue weighted by atomic mass is 10.1. The molecule has 0 bridgehead atoms. The summed E-state index contributed by atoms with van der Waals surface area (Å²) >= 11 is 0. The van der Waals surface area contributed by atoms with Gasteiger partial charge in [-0.2, -0.15) is 4.57 Å². The topological polar surface area (TPSA) is 22.7 Å². The Hall–Kier alpha value is -3.48. The van der Waals surface area contributed by atoms with E-state index in [-0.39, 0.29) is 0 Å². The van der Waals surface area contributed by atoms with Crippen molar-refractivity contribution in [2.45, 2.75) is 34.2 Å². The van der Waals surface area contributed by atoms with E-state index < -0.39 is 0 Å². The monoisotopic (exact) mass is 625 g/mol. The highest BCUT2D eigenvalue weighted by atomic mass is 33.1. The van der Waals surface area contributed by atoms with Crippen molar-refractivity contribution >= 4 is 57.4 Å². The van der Waals surface area contributed by atoms with E-state index in [1.807, 2.05) is 59.0 Å². The molecule has 0 aliphatic rings. The number of hydrogen-bond acceptors (Lipinski definition) is 5. The molecule has 3 rings (SSSR count). The van der Waals surface area contributed by atoms with Gasteiger partial charge in [0.2, 0.25) is 5.69 Å². The smallest absolute Gasteiger partial charge is 0.205 e. The fourth-order valence-corrected chi connectivity index (χ4v) is 6.61. The molecule has 0 amide bonds. The lowest BCUT2D eigenvalue weighted by Crippen LogP contribution is -2.34. The molecule has 1 heterocycles. The summed E-state index contributed by atoms with van der Waals surface area (Å²) in [7, 11) is 3.96. The average molecular weight is 626 g/mol. The van der Waals surface area contributed by atoms with Crippen LogP contribution < -0.4 is 14.4 Å². The first-order chi connectivity index (χ1) is 21.7. The fraction of sp³-hybridized carbons (Fsp3) is 0.316. The molecule has 0 aliphatic heterocycles. The average Bonchev–Trinajstić information content (AvgIpc) is 3.07. The summed E-state index contributed by atoms with van der Waals surface area (Å²) in [6.07, 6.45) is 20.6. The number of benzene rings is 2. The minimum absolute atomic E-state index is 0.819. The molecule has 6 heteroatoms. The first kappa shape index (κ1) is 35.0. The van der Waals surface area contributed by atoms with Crippen molar-refractivity contribution < 1.29 is 4.57 Å². The zero-order valence-electron chi connectivity index (χ0n) is 26.9. The Kier molecular flexibility index (Phi) is 16.9. The quantitative estimate of drug-likeness (QED) is 0.0436. The van der Waals surface area contributed by atoms with Crippen molar-refractivity contribution in [3.63, 3.8) is 0 Å². The van der Waals surface area contributed by atoms with E-state index >= 15 is 0 Å². The van der Waals surface area contributed by atoms with Crippen LogP contribution in [-0.4, -0.2) is 50.4 Å². The summed E-state index contributed by atoms with van der Waals surface area (Å²) in [4.78, 5) is 9.08. The van der Waals surface area contributed by atoms with Crippen molar-refractivity contribution in [2.75, 3.05) is 54.0 Å². The van der Waals surface area contributed by atoms with Crippen LogP contribution in [-0.2, 0) is 6.54 Å². The highest BCUT2D eigenvalue weighted by Crippen LogP contribution is 2.24. The predicted octanol–water partition coefficient (Wildman–Crippen LogP) is 9.11. The molecule has 0 atom stereocenters. The minimum Gasteiger partial charge on any atom is -0.371 e. The molecule has 2 aromatic carbocycles. The molecule has 0 spiro atoms. The number of hydrogen-bond donors (Lipinski definition) is 0. The van der Waals surface area contributed by atoms with Gasteiger partial charge >= 0.3 is 0 Å². The van der Waals surface area contributed by atoms with Gasteiger partial charge in [-0.3, -0.25) is 4.99 Å². The minimum atomic E-state index is 0.819. The number of allylic oxidation sites excluding steroid dienone is 5. The van der Waals surface area contributed by atoms with Gasteiger partial charge in [-0.25, -0.2) is 0 Å². The van der Waals surface area contributed by atoms with Gasteiger partial charge in [-0.15, -0.1) is 0 Å². The Balaban J connectivity index is 1.38. The lowest BCUT2D eigenvalue weighted by molar-refractivity contribution is -0.695. The number of anilines is 2. The van der Waals surface area contributed by atoms with Gasteiger partial charge in [0.05, 0.1) is 0 Å². The molecule has 232 valence electrons. The number of aliphatic imine (C=N–C) groups is 1. The first-order valence-electron chi connectivity index (χ1n) is 15.8. The number of pyridine rings is 1. The van der Waals surface area contributed by atoms with Crippen LogP contribution in [0, 0.1) is 0 Å². The van der Waals surface area contributed by atoms with E-state index in [1.54, 1.807) is 0 Å². The van der Waals surface area contributed by atoms with Gasteiger partial charge in [0.25, 0.3) is 0 Å². The fourth-order valence-electron chi connectivity index (χ4n) is 4.63. The maximum absolute atomic E-state index is 4.16. The molecule has 0 aliphatic carbocycles. The highest BCUT2D eigenvalue weighted by molar-refractivity contribution is 8.76. The van der Waals surface area contributed by atoms with Crippen molar-refractivity contribution in [3.05, 3.63) is 120 Å². The second-order valence-corrected chi connectivity index (χ2v) is 12.7. The molecule has 4 nitrogen and oxygen atoms in total. The largest absolute Gasteiger partial charge is 0.371 e. The van der Waals surface area contributed by atoms with Gasteiger partial charge in [0, 0.05) is 80.0 Å². The van der Waals surface area contributed by atoms with E-state index in [2.05, 4.69) is 137 Å². The van der Waals surface area contributed by atoms with Crippen molar-refractivity contribution in [3.8, 4) is 0 Å². The van der Waals surface area contributed by atoms with Crippen LogP contribution in [0.5, 0.6) is 0 Å². The van der Waals surface area contributed by atoms with Crippen LogP contribution in [0.15, 0.2) is 108 Å². The normalized spacial score (nSPS) is 12.1. The first-order valence-corrected chi connectivity index (χ1v) is 18.3. The van der Waals surface area contributed by atoms with Crippen molar-refractivity contribution in [1.29, 1.82) is 0 Å². The maximum Gasteiger partial charge on any atom is 0.205 e. The summed E-state index contributed by atoms with van der Waals surface area (Å²) in [5.74, 6) is 2.21. The van der Waals surface area contributed by atoms with E-state index in [0.717, 1.165) is 50.8 Å². The molecular weight excluding hydrogens is 577 g/mol. The van der Waals surface area contributed by atoms with Gasteiger partial charge < -0.3 is 9.80 Å². The number of rotatable bonds is 19. The number of aromatic nitrogens is 1. The Bertz CT molecular complexity index is 1360. The summed E-state index contributed by atoms with van der Waals surface area (Å²) < 4.78 is 2.25. The van der Waals surface area contributed by atoms with Crippen LogP contribution in [0.25, 0.3) is 18.2 Å². The zero-order chi connectivity index (χ0) is 31.2. The summed E-state index contributed by atoms with van der Waals surface area (Å²) in [5, 5.41) is 0. The predicted molar refractivity (Wildman–Crippen MR) is 201 cm³/mol. The molecule has 0 fully saturated rings. The summed E-state index contributed by atoms with van der Waals surface area (Å²) in [6.45, 7) is 14.6. The lowest BCUT2D eigenvalue weighted by Gasteiger charge is -2.24. The van der Waals surface area contributed by atoms with Crippen LogP contribution in [0.2, 0.25) is 0 Å². The molecule has 0 radical (unpaired) electrons. The third-order valence-electron chi connectivity index (χ3n) is 7.12. The number of aryl methyl sites for hydroxylation is 1. The Morgan fingerprint density at radius 1 is 0.636 bits per heavy atom. The summed E-state index contributed by atoms with van der Waals surface area (Å²) in [6, 6.07) is 24.1. The van der Waals surface area contributed by atoms with Gasteiger partial charge in [0.1, 0.15) is 6.54 Å². The van der Waals surface area contributed by atoms with Gasteiger partial charge in [-0.1, -0.05) is 76.2 Å². The second kappa shape index (κ2) is 21.3. The molecule has 0 saturated carbocycles. The highest BCUT2D eigenvalue weighted by Gasteiger charge is 2.07. The molecule has 3 aromatic rings. The van der Waals surface area contributed by atoms with E-state index in [1.165, 1.54) is 28.2 Å². The third-order valence-corrected chi connectivity index (χ3v) is 9.49. The molecular formula is C38H49N4S2+. The Morgan fingerprint density at radius 2 is 1.20 bits per heavy atom. The van der Waals surface area contributed by atoms with Gasteiger partial charge in [0.15, 0.2) is 6.20 Å². The summed E-state index contributed by atoms with van der Waals surface area (Å²) in [5.41, 5.74) is 6.23. The van der Waals surface area contributed by atoms with Crippen molar-refractivity contribution in [1.82, 2.24) is 0 Å². The van der Waals surface area contributed by atoms with Crippen LogP contribution in [0.4, 0.5) is 11.4 Å². The Labute approximate surface area is 274 Å². The van der Waals surface area contributed by atoms with E-state index in [4.69, 9.17) is 0 Å². The molecule has 0 saturated heterocycles. The van der Waals surface area contributed by atoms with E-state index in [0.29, 0.717) is 0 Å². The van der Waals surface area contributed by atoms with Gasteiger partial charge in [-0.05, 0) is 81.3 Å². The molecule has 1 aromatic heterocycles. The zero-order valence-corrected chi connectivity index (χ0v) is 28.5. The van der Waals surface area contributed by atoms with Crippen LogP contribution in [0.3, 0.4) is 0 Å². The maximum atomic E-state index is 4.16. The SMILES string of the molecule is CC/N=C/C=C\C=C\C=C\c1ccc(N(CC)CCSSCCN(CC)c2ccc(/C=C/c3cccc[n+]3CC)cc2)cc1. The third kappa shape index (κ3) is 12.6. The second-order valence-electron chi connectivity index (χ2n) is 10.0. The molecule has 0 unspecified atom stereocenters. The molecule has 44 heavy (non-hydrogen) atoms. The number of nitrogens with zero attached hydrogens (tertiary/aromatic N) is 4. The van der Waals surface area contributed by atoms with Crippen LogP contribution in [0.1, 0.15) is 44.5 Å². The van der Waals surface area contributed by atoms with Crippen molar-refractivity contribution in [2.24, 2.45) is 4.99 Å². The van der Waals surface area contributed by atoms with Crippen LogP contribution >= 0.6 is 21.6 Å². The molecule has 0 N–H and O–H groups in total. The standard InChI is InChI=1S/C38H49N4S2/c1-5-39-28-14-11-9-10-12-16-34-18-24-37(25-19-34)41(7-3)30-32-43-44-33-31-42(8-4)38-26-21-35(22-27-38)20-23-36-17-13-15-29-40(36)6-2/h9-29H,5-8,30-33H2,1-4H3/q+1/b10-9+,14-11-,16-12+,39-28+.